The van der Waals surface area contributed by atoms with Crippen LogP contribution in [0.5, 0.6) is 0 Å². The first-order valence-corrected chi connectivity index (χ1v) is 13.6. The zero-order chi connectivity index (χ0) is 24.9. The molecule has 0 aliphatic carbocycles. The number of nitrogens with zero attached hydrogens (tertiary/aromatic N) is 3. The van der Waals surface area contributed by atoms with Crippen molar-refractivity contribution < 1.29 is 22.8 Å². The Bertz CT molecular complexity index is 1170. The van der Waals surface area contributed by atoms with Gasteiger partial charge >= 0.3 is 11.8 Å². The lowest BCUT2D eigenvalue weighted by atomic mass is 10.2. The minimum Gasteiger partial charge on any atom is -0.346 e. The predicted octanol–water partition coefficient (Wildman–Crippen LogP) is 0.889. The van der Waals surface area contributed by atoms with Crippen LogP contribution in [-0.4, -0.2) is 79.2 Å². The number of halogens is 2. The molecule has 0 bridgehead atoms. The van der Waals surface area contributed by atoms with Gasteiger partial charge in [0.1, 0.15) is 15.7 Å². The second-order valence-electron chi connectivity index (χ2n) is 7.99. The Morgan fingerprint density at radius 2 is 2.00 bits per heavy atom. The van der Waals surface area contributed by atoms with E-state index in [1.807, 2.05) is 7.05 Å². The molecule has 3 rings (SSSR count). The Hall–Kier alpha value is -2.32. The van der Waals surface area contributed by atoms with Crippen LogP contribution < -0.4 is 16.0 Å². The number of aromatic nitrogens is 2. The molecule has 0 aromatic carbocycles. The molecular weight excluding hydrogens is 539 g/mol. The van der Waals surface area contributed by atoms with E-state index in [1.165, 1.54) is 29.7 Å². The molecule has 1 aliphatic rings. The van der Waals surface area contributed by atoms with Gasteiger partial charge in [-0.1, -0.05) is 11.6 Å². The van der Waals surface area contributed by atoms with Gasteiger partial charge < -0.3 is 20.9 Å². The van der Waals surface area contributed by atoms with E-state index < -0.39 is 33.6 Å². The number of rotatable bonds is 8. The zero-order valence-electron chi connectivity index (χ0n) is 19.0. The van der Waals surface area contributed by atoms with Gasteiger partial charge in [0.25, 0.3) is 5.91 Å². The Morgan fingerprint density at radius 3 is 2.66 bits per heavy atom. The van der Waals surface area contributed by atoms with Crippen molar-refractivity contribution in [2.45, 2.75) is 25.4 Å². The molecule has 35 heavy (non-hydrogen) atoms. The Morgan fingerprint density at radius 1 is 1.26 bits per heavy atom. The molecule has 0 saturated heterocycles. The molecule has 0 saturated carbocycles. The van der Waals surface area contributed by atoms with Crippen LogP contribution in [0.1, 0.15) is 26.8 Å². The van der Waals surface area contributed by atoms with E-state index in [9.17, 15) is 22.8 Å². The largest absolute Gasteiger partial charge is 0.346 e. The summed E-state index contributed by atoms with van der Waals surface area (Å²) in [6.07, 6.45) is 3.21. The first-order valence-electron chi connectivity index (χ1n) is 10.4. The van der Waals surface area contributed by atoms with Crippen molar-refractivity contribution in [1.29, 1.82) is 0 Å². The number of pyridine rings is 1. The van der Waals surface area contributed by atoms with Crippen molar-refractivity contribution in [3.05, 3.63) is 38.9 Å². The third-order valence-electron chi connectivity index (χ3n) is 4.97. The molecule has 1 aliphatic heterocycles. The fourth-order valence-corrected chi connectivity index (χ4v) is 5.08. The van der Waals surface area contributed by atoms with Crippen molar-refractivity contribution >= 4 is 68.7 Å². The number of carbonyl (C=O) groups is 3. The van der Waals surface area contributed by atoms with Crippen LogP contribution in [0.15, 0.2) is 18.3 Å². The highest BCUT2D eigenvalue weighted by atomic mass is 35.5. The highest BCUT2D eigenvalue weighted by molar-refractivity contribution is 7.90. The van der Waals surface area contributed by atoms with Crippen molar-refractivity contribution in [2.24, 2.45) is 0 Å². The van der Waals surface area contributed by atoms with E-state index in [-0.39, 0.29) is 42.0 Å². The van der Waals surface area contributed by atoms with Crippen molar-refractivity contribution in [1.82, 2.24) is 25.5 Å². The number of likely N-dealkylation sites (N-methyl/N-ethyl adjacent to an activating group) is 1. The van der Waals surface area contributed by atoms with E-state index in [4.69, 9.17) is 11.6 Å². The van der Waals surface area contributed by atoms with Crippen LogP contribution in [0, 0.1) is 0 Å². The zero-order valence-corrected chi connectivity index (χ0v) is 22.2. The van der Waals surface area contributed by atoms with Crippen molar-refractivity contribution in [3.63, 3.8) is 0 Å². The average molecular weight is 566 g/mol. The van der Waals surface area contributed by atoms with Crippen LogP contribution in [0.25, 0.3) is 0 Å². The maximum absolute atomic E-state index is 12.8. The minimum absolute atomic E-state index is 0. The molecule has 0 spiro atoms. The third-order valence-corrected chi connectivity index (χ3v) is 7.25. The lowest BCUT2D eigenvalue weighted by Gasteiger charge is -2.20. The molecule has 0 fully saturated rings. The lowest BCUT2D eigenvalue weighted by molar-refractivity contribution is -0.136. The lowest BCUT2D eigenvalue weighted by Crippen LogP contribution is -2.47. The number of hydrogen-bond acceptors (Lipinski definition) is 9. The summed E-state index contributed by atoms with van der Waals surface area (Å²) < 4.78 is 23.3. The average Bonchev–Trinajstić information content (AvgIpc) is 3.19. The van der Waals surface area contributed by atoms with Crippen LogP contribution >= 0.6 is 35.3 Å². The summed E-state index contributed by atoms with van der Waals surface area (Å²) in [5.74, 6) is -2.43. The Kier molecular flexibility index (Phi) is 10.4. The van der Waals surface area contributed by atoms with Crippen molar-refractivity contribution in [3.8, 4) is 0 Å². The van der Waals surface area contributed by atoms with Crippen LogP contribution in [0.4, 0.5) is 5.82 Å². The number of sulfone groups is 1. The topological polar surface area (TPSA) is 150 Å². The monoisotopic (exact) mass is 564 g/mol. The van der Waals surface area contributed by atoms with Gasteiger partial charge in [0.2, 0.25) is 0 Å². The molecule has 15 heteroatoms. The predicted molar refractivity (Wildman–Crippen MR) is 136 cm³/mol. The summed E-state index contributed by atoms with van der Waals surface area (Å²) in [5.41, 5.74) is 0.890. The van der Waals surface area contributed by atoms with E-state index in [0.717, 1.165) is 29.8 Å². The van der Waals surface area contributed by atoms with Gasteiger partial charge in [-0.15, -0.1) is 23.7 Å². The fraction of sp³-hybridized carbons (Fsp3) is 0.450. The summed E-state index contributed by atoms with van der Waals surface area (Å²) >= 11 is 7.03. The van der Waals surface area contributed by atoms with Gasteiger partial charge in [-0.2, -0.15) is 0 Å². The van der Waals surface area contributed by atoms with Gasteiger partial charge in [0, 0.05) is 49.4 Å². The van der Waals surface area contributed by atoms with Gasteiger partial charge in [0.15, 0.2) is 5.01 Å². The molecule has 3 N–H and O–H groups in total. The first-order chi connectivity index (χ1) is 16.0. The molecule has 1 atom stereocenters. The number of thiazole rings is 1. The van der Waals surface area contributed by atoms with E-state index in [0.29, 0.717) is 11.6 Å². The van der Waals surface area contributed by atoms with Gasteiger partial charge in [0.05, 0.1) is 16.5 Å². The van der Waals surface area contributed by atoms with Crippen LogP contribution in [0.2, 0.25) is 5.02 Å². The quantitative estimate of drug-likeness (QED) is 0.400. The SMILES string of the molecule is CN1CCc2nc(C(=O)N[C@H](CCS(C)(=O)=O)CNC(=O)C(=O)Nc3ccc(Cl)cn3)sc2C1.Cl. The molecule has 0 radical (unpaired) electrons. The van der Waals surface area contributed by atoms with E-state index >= 15 is 0 Å². The highest BCUT2D eigenvalue weighted by Gasteiger charge is 2.24. The molecule has 3 heterocycles. The Balaban J connectivity index is 0.00000432. The fourth-order valence-electron chi connectivity index (χ4n) is 3.17. The normalized spacial score (nSPS) is 14.3. The van der Waals surface area contributed by atoms with Crippen molar-refractivity contribution in [2.75, 3.05) is 37.5 Å². The molecule has 11 nitrogen and oxygen atoms in total. The number of fused-ring (bicyclic) bond motifs is 1. The standard InChI is InChI=1S/C20H25ClN6O5S2.ClH/c1-27-7-5-14-15(11-27)33-20(25-14)19(30)24-13(6-8-34(2,31)32)10-23-17(28)18(29)26-16-4-3-12(21)9-22-16;/h3-4,9,13H,5-8,10-11H2,1-2H3,(H,23,28)(H,24,30)(H,22,26,29);1H/t13-;/m1./s1. The molecule has 2 aromatic heterocycles. The maximum Gasteiger partial charge on any atom is 0.314 e. The number of hydrogen-bond donors (Lipinski definition) is 3. The number of nitrogens with one attached hydrogen (secondary N) is 3. The maximum atomic E-state index is 12.8. The number of carbonyl (C=O) groups excluding carboxylic acids is 3. The van der Waals surface area contributed by atoms with E-state index in [2.05, 4.69) is 30.8 Å². The summed E-state index contributed by atoms with van der Waals surface area (Å²) in [4.78, 5) is 48.6. The molecule has 2 aromatic rings. The third kappa shape index (κ3) is 9.00. The first kappa shape index (κ1) is 28.9. The second-order valence-corrected chi connectivity index (χ2v) is 11.8. The molecule has 3 amide bonds. The van der Waals surface area contributed by atoms with Gasteiger partial charge in [-0.25, -0.2) is 18.4 Å². The number of amides is 3. The highest BCUT2D eigenvalue weighted by Crippen LogP contribution is 2.24. The van der Waals surface area contributed by atoms with Gasteiger partial charge in [-0.05, 0) is 25.6 Å². The smallest absolute Gasteiger partial charge is 0.314 e. The van der Waals surface area contributed by atoms with Crippen LogP contribution in [0.3, 0.4) is 0 Å². The summed E-state index contributed by atoms with van der Waals surface area (Å²) in [6, 6.07) is 2.22. The summed E-state index contributed by atoms with van der Waals surface area (Å²) in [7, 11) is -1.32. The Labute approximate surface area is 218 Å². The van der Waals surface area contributed by atoms with Crippen LogP contribution in [-0.2, 0) is 32.4 Å². The van der Waals surface area contributed by atoms with Gasteiger partial charge in [-0.3, -0.25) is 14.4 Å². The summed E-state index contributed by atoms with van der Waals surface area (Å²) in [5, 5.41) is 8.14. The minimum atomic E-state index is -3.31. The second kappa shape index (κ2) is 12.6. The number of anilines is 1. The molecule has 0 unspecified atom stereocenters. The molecular formula is C20H26Cl2N6O5S2. The van der Waals surface area contributed by atoms with E-state index in [1.54, 1.807) is 0 Å². The molecule has 192 valence electrons. The summed E-state index contributed by atoms with van der Waals surface area (Å²) in [6.45, 7) is 1.43.